The Morgan fingerprint density at radius 3 is 2.77 bits per heavy atom. The van der Waals surface area contributed by atoms with Crippen LogP contribution in [0, 0.1) is 6.92 Å². The largest absolute Gasteiger partial charge is 0.395 e. The molecule has 0 bridgehead atoms. The lowest BCUT2D eigenvalue weighted by atomic mass is 10.1. The molecule has 0 saturated carbocycles. The molecule has 0 radical (unpaired) electrons. The first-order valence-corrected chi connectivity index (χ1v) is 8.54. The third-order valence-electron chi connectivity index (χ3n) is 3.81. The van der Waals surface area contributed by atoms with Crippen molar-refractivity contribution in [2.24, 2.45) is 0 Å². The maximum absolute atomic E-state index is 9.15. The number of aryl methyl sites for hydroxylation is 1. The lowest BCUT2D eigenvalue weighted by Gasteiger charge is -2.19. The summed E-state index contributed by atoms with van der Waals surface area (Å²) in [5, 5.41) is 17.0. The highest BCUT2D eigenvalue weighted by atomic mass is 35.5. The number of hydrogen-bond acceptors (Lipinski definition) is 8. The van der Waals surface area contributed by atoms with E-state index in [2.05, 4.69) is 30.6 Å². The number of benzene rings is 1. The molecule has 3 rings (SSSR count). The zero-order chi connectivity index (χ0) is 18.7. The van der Waals surface area contributed by atoms with Gasteiger partial charge >= 0.3 is 0 Å². The number of anilines is 3. The van der Waals surface area contributed by atoms with Crippen molar-refractivity contribution in [2.45, 2.75) is 19.9 Å². The predicted molar refractivity (Wildman–Crippen MR) is 103 cm³/mol. The van der Waals surface area contributed by atoms with Gasteiger partial charge in [0.25, 0.3) is 0 Å². The molecule has 136 valence electrons. The summed E-state index contributed by atoms with van der Waals surface area (Å²) < 4.78 is 0. The van der Waals surface area contributed by atoms with E-state index >= 15 is 0 Å². The van der Waals surface area contributed by atoms with Crippen LogP contribution in [0.4, 0.5) is 17.7 Å². The molecule has 0 saturated heterocycles. The fraction of sp³-hybridized carbons (Fsp3) is 0.294. The molecule has 0 fully saturated rings. The fourth-order valence-corrected chi connectivity index (χ4v) is 2.89. The molecule has 8 nitrogen and oxygen atoms in total. The van der Waals surface area contributed by atoms with Crippen molar-refractivity contribution in [3.05, 3.63) is 40.7 Å². The number of aliphatic hydroxyl groups is 1. The highest BCUT2D eigenvalue weighted by molar-refractivity contribution is 6.35. The lowest BCUT2D eigenvalue weighted by molar-refractivity contribution is 0.311. The molecule has 5 N–H and O–H groups in total. The van der Waals surface area contributed by atoms with Crippen LogP contribution in [0.25, 0.3) is 10.9 Å². The number of pyridine rings is 1. The molecule has 0 spiro atoms. The van der Waals surface area contributed by atoms with E-state index in [0.717, 1.165) is 10.9 Å². The van der Waals surface area contributed by atoms with Crippen LogP contribution >= 0.6 is 11.6 Å². The number of aliphatic hydroxyl groups excluding tert-OH is 1. The number of nitrogens with one attached hydrogen (secondary N) is 2. The van der Waals surface area contributed by atoms with Gasteiger partial charge in [-0.3, -0.25) is 0 Å². The first-order valence-electron chi connectivity index (χ1n) is 8.16. The normalized spacial score (nSPS) is 12.2. The quantitative estimate of drug-likeness (QED) is 0.520. The molecule has 9 heteroatoms. The van der Waals surface area contributed by atoms with Crippen molar-refractivity contribution in [1.82, 2.24) is 19.9 Å². The van der Waals surface area contributed by atoms with Crippen LogP contribution in [0.5, 0.6) is 0 Å². The molecule has 0 aliphatic heterocycles. The zero-order valence-electron chi connectivity index (χ0n) is 14.5. The third-order valence-corrected chi connectivity index (χ3v) is 4.11. The average molecular weight is 374 g/mol. The second-order valence-corrected chi connectivity index (χ2v) is 6.23. The van der Waals surface area contributed by atoms with E-state index in [0.29, 0.717) is 34.7 Å². The summed E-state index contributed by atoms with van der Waals surface area (Å²) in [4.78, 5) is 17.0. The molecule has 1 aromatic carbocycles. The Morgan fingerprint density at radius 2 is 2.04 bits per heavy atom. The summed E-state index contributed by atoms with van der Waals surface area (Å²) in [6, 6.07) is 7.46. The van der Waals surface area contributed by atoms with Crippen molar-refractivity contribution in [1.29, 1.82) is 0 Å². The Balaban J connectivity index is 2.00. The van der Waals surface area contributed by atoms with Crippen LogP contribution in [-0.2, 0) is 0 Å². The van der Waals surface area contributed by atoms with E-state index in [1.165, 1.54) is 0 Å². The van der Waals surface area contributed by atoms with Gasteiger partial charge < -0.3 is 21.5 Å². The minimum Gasteiger partial charge on any atom is -0.395 e. The molecule has 2 heterocycles. The molecule has 3 aromatic rings. The molecule has 0 amide bonds. The molecule has 26 heavy (non-hydrogen) atoms. The van der Waals surface area contributed by atoms with Crippen LogP contribution in [0.1, 0.15) is 24.4 Å². The summed E-state index contributed by atoms with van der Waals surface area (Å²) in [7, 11) is 0. The van der Waals surface area contributed by atoms with Gasteiger partial charge in [0.15, 0.2) is 0 Å². The van der Waals surface area contributed by atoms with Gasteiger partial charge in [-0.2, -0.15) is 15.0 Å². The first-order chi connectivity index (χ1) is 12.5. The van der Waals surface area contributed by atoms with Crippen LogP contribution in [0.2, 0.25) is 5.02 Å². The second-order valence-electron chi connectivity index (χ2n) is 5.82. The molecule has 2 aromatic heterocycles. The standard InChI is InChI=1S/C17H20ClN7O/c1-9(21-17-23-10(2)22-16(19)25-17)12-8-11-4-3-5-13(18)14(11)24-15(12)20-6-7-26/h3-5,8-9,26H,6-7H2,1-2H3,(H,20,24)(H3,19,21,22,23,25)/t9-/m0/s1. The number of aromatic nitrogens is 4. The SMILES string of the molecule is Cc1nc(N)nc(N[C@@H](C)c2cc3cccc(Cl)c3nc2NCCO)n1. The summed E-state index contributed by atoms with van der Waals surface area (Å²) >= 11 is 6.26. The Labute approximate surface area is 155 Å². The average Bonchev–Trinajstić information content (AvgIpc) is 2.58. The minimum absolute atomic E-state index is 0.00726. The Morgan fingerprint density at radius 1 is 1.23 bits per heavy atom. The van der Waals surface area contributed by atoms with E-state index in [4.69, 9.17) is 22.4 Å². The number of nitrogens with zero attached hydrogens (tertiary/aromatic N) is 4. The van der Waals surface area contributed by atoms with Gasteiger partial charge in [-0.25, -0.2) is 4.98 Å². The minimum atomic E-state index is -0.173. The topological polar surface area (TPSA) is 122 Å². The predicted octanol–water partition coefficient (Wildman–Crippen LogP) is 2.54. The summed E-state index contributed by atoms with van der Waals surface area (Å²) in [6.07, 6.45) is 0. The Hall–Kier alpha value is -2.71. The summed E-state index contributed by atoms with van der Waals surface area (Å²) in [5.74, 6) is 1.73. The van der Waals surface area contributed by atoms with Crippen molar-refractivity contribution in [3.8, 4) is 0 Å². The molecular formula is C17H20ClN7O. The van der Waals surface area contributed by atoms with Crippen molar-refractivity contribution in [2.75, 3.05) is 29.5 Å². The lowest BCUT2D eigenvalue weighted by Crippen LogP contribution is -2.16. The Bertz CT molecular complexity index is 914. The maximum Gasteiger partial charge on any atom is 0.228 e. The second kappa shape index (κ2) is 7.67. The number of nitrogens with two attached hydrogens (primary N) is 1. The molecule has 0 unspecified atom stereocenters. The highest BCUT2D eigenvalue weighted by Crippen LogP contribution is 2.30. The Kier molecular flexibility index (Phi) is 5.34. The van der Waals surface area contributed by atoms with Crippen molar-refractivity contribution < 1.29 is 5.11 Å². The van der Waals surface area contributed by atoms with Crippen LogP contribution in [-0.4, -0.2) is 38.2 Å². The smallest absolute Gasteiger partial charge is 0.228 e. The van der Waals surface area contributed by atoms with E-state index in [1.54, 1.807) is 13.0 Å². The van der Waals surface area contributed by atoms with Crippen LogP contribution in [0.3, 0.4) is 0 Å². The number of halogens is 1. The van der Waals surface area contributed by atoms with Gasteiger partial charge in [0.2, 0.25) is 11.9 Å². The summed E-state index contributed by atoms with van der Waals surface area (Å²) in [5.41, 5.74) is 7.28. The summed E-state index contributed by atoms with van der Waals surface area (Å²) in [6.45, 7) is 4.09. The van der Waals surface area contributed by atoms with E-state index < -0.39 is 0 Å². The molecule has 0 aliphatic carbocycles. The number of para-hydroxylation sites is 1. The van der Waals surface area contributed by atoms with Crippen LogP contribution in [0.15, 0.2) is 24.3 Å². The van der Waals surface area contributed by atoms with Gasteiger partial charge in [-0.05, 0) is 26.0 Å². The molecule has 1 atom stereocenters. The number of fused-ring (bicyclic) bond motifs is 1. The molecule has 0 aliphatic rings. The van der Waals surface area contributed by atoms with Gasteiger partial charge in [0.05, 0.1) is 23.2 Å². The zero-order valence-corrected chi connectivity index (χ0v) is 15.2. The maximum atomic E-state index is 9.15. The van der Waals surface area contributed by atoms with Gasteiger partial charge in [-0.1, -0.05) is 23.7 Å². The molecular weight excluding hydrogens is 354 g/mol. The number of hydrogen-bond donors (Lipinski definition) is 4. The van der Waals surface area contributed by atoms with Gasteiger partial charge in [0.1, 0.15) is 11.6 Å². The van der Waals surface area contributed by atoms with Gasteiger partial charge in [0, 0.05) is 17.5 Å². The van der Waals surface area contributed by atoms with Gasteiger partial charge in [-0.15, -0.1) is 0 Å². The highest BCUT2D eigenvalue weighted by Gasteiger charge is 2.16. The van der Waals surface area contributed by atoms with E-state index in [9.17, 15) is 0 Å². The number of nitrogen functional groups attached to an aromatic ring is 1. The number of rotatable bonds is 6. The monoisotopic (exact) mass is 373 g/mol. The first kappa shape index (κ1) is 18.1. The van der Waals surface area contributed by atoms with E-state index in [-0.39, 0.29) is 18.6 Å². The van der Waals surface area contributed by atoms with Crippen LogP contribution < -0.4 is 16.4 Å². The van der Waals surface area contributed by atoms with Crippen molar-refractivity contribution >= 4 is 40.2 Å². The van der Waals surface area contributed by atoms with E-state index in [1.807, 2.05) is 25.1 Å². The fourth-order valence-electron chi connectivity index (χ4n) is 2.66. The third kappa shape index (κ3) is 3.92. The van der Waals surface area contributed by atoms with Crippen molar-refractivity contribution in [3.63, 3.8) is 0 Å².